The summed E-state index contributed by atoms with van der Waals surface area (Å²) in [5, 5.41) is 6.88. The molecule has 0 atom stereocenters. The number of nitrogens with zero attached hydrogens (tertiary/aromatic N) is 1. The Kier molecular flexibility index (Phi) is 5.31. The van der Waals surface area contributed by atoms with E-state index >= 15 is 0 Å². The second-order valence-electron chi connectivity index (χ2n) is 7.04. The van der Waals surface area contributed by atoms with Gasteiger partial charge in [-0.3, -0.25) is 0 Å². The molecule has 1 saturated heterocycles. The van der Waals surface area contributed by atoms with Crippen LogP contribution >= 0.6 is 0 Å². The Morgan fingerprint density at radius 1 is 1.10 bits per heavy atom. The van der Waals surface area contributed by atoms with Crippen LogP contribution in [0.1, 0.15) is 18.4 Å². The average molecular weight is 395 g/mol. The number of hydrogen-bond acceptors (Lipinski definition) is 4. The molecule has 4 rings (SSSR count). The Morgan fingerprint density at radius 2 is 1.86 bits per heavy atom. The first-order valence-corrected chi connectivity index (χ1v) is 9.46. The summed E-state index contributed by atoms with van der Waals surface area (Å²) >= 11 is 0. The van der Waals surface area contributed by atoms with Crippen LogP contribution in [-0.2, 0) is 10.3 Å². The van der Waals surface area contributed by atoms with E-state index in [4.69, 9.17) is 9.47 Å². The predicted molar refractivity (Wildman–Crippen MR) is 109 cm³/mol. The lowest BCUT2D eigenvalue weighted by Crippen LogP contribution is -2.50. The molecule has 7 heteroatoms. The maximum absolute atomic E-state index is 13.4. The van der Waals surface area contributed by atoms with Crippen LogP contribution in [0.2, 0.25) is 0 Å². The lowest BCUT2D eigenvalue weighted by atomic mass is 9.83. The van der Waals surface area contributed by atoms with E-state index in [1.54, 1.807) is 31.4 Å². The number of fused-ring (bicyclic) bond motifs is 1. The summed E-state index contributed by atoms with van der Waals surface area (Å²) in [6, 6.07) is 15.1. The Balaban J connectivity index is 1.53. The van der Waals surface area contributed by atoms with E-state index in [1.165, 1.54) is 12.1 Å². The highest BCUT2D eigenvalue weighted by Gasteiger charge is 2.36. The summed E-state index contributed by atoms with van der Waals surface area (Å²) in [6.07, 6.45) is 1.24. The van der Waals surface area contributed by atoms with Gasteiger partial charge >= 0.3 is 6.03 Å². The molecular formula is C22H22FN3O3. The van der Waals surface area contributed by atoms with Crippen molar-refractivity contribution in [1.29, 1.82) is 0 Å². The monoisotopic (exact) mass is 395 g/mol. The van der Waals surface area contributed by atoms with Gasteiger partial charge in [-0.2, -0.15) is 0 Å². The summed E-state index contributed by atoms with van der Waals surface area (Å²) in [4.78, 5) is 17.2. The molecular weight excluding hydrogens is 373 g/mol. The Hall–Kier alpha value is -3.19. The van der Waals surface area contributed by atoms with Crippen LogP contribution in [0.3, 0.4) is 0 Å². The molecule has 2 N–H and O–H groups in total. The Bertz CT molecular complexity index is 1020. The topological polar surface area (TPSA) is 72.5 Å². The van der Waals surface area contributed by atoms with Gasteiger partial charge in [-0.25, -0.2) is 14.2 Å². The molecule has 3 aromatic rings. The number of urea groups is 1. The number of carbonyl (C=O) groups is 1. The van der Waals surface area contributed by atoms with Crippen LogP contribution in [0.5, 0.6) is 5.88 Å². The maximum Gasteiger partial charge on any atom is 0.319 e. The molecule has 150 valence electrons. The van der Waals surface area contributed by atoms with E-state index < -0.39 is 5.54 Å². The fraction of sp³-hybridized carbons (Fsp3) is 0.273. The van der Waals surface area contributed by atoms with Crippen molar-refractivity contribution in [2.24, 2.45) is 0 Å². The highest BCUT2D eigenvalue weighted by atomic mass is 19.1. The Morgan fingerprint density at radius 3 is 2.59 bits per heavy atom. The summed E-state index contributed by atoms with van der Waals surface area (Å²) in [5.74, 6) is 0.235. The molecule has 0 radical (unpaired) electrons. The number of amides is 2. The van der Waals surface area contributed by atoms with Crippen molar-refractivity contribution in [2.75, 3.05) is 25.6 Å². The molecule has 0 unspecified atom stereocenters. The number of anilines is 1. The molecule has 0 aliphatic carbocycles. The molecule has 2 heterocycles. The van der Waals surface area contributed by atoms with E-state index in [1.807, 2.05) is 18.2 Å². The first kappa shape index (κ1) is 19.1. The highest BCUT2D eigenvalue weighted by Crippen LogP contribution is 2.32. The summed E-state index contributed by atoms with van der Waals surface area (Å²) < 4.78 is 24.0. The van der Waals surface area contributed by atoms with Crippen LogP contribution in [0, 0.1) is 5.82 Å². The molecule has 2 aromatic carbocycles. The van der Waals surface area contributed by atoms with Gasteiger partial charge in [0.25, 0.3) is 0 Å². The van der Waals surface area contributed by atoms with Gasteiger partial charge in [-0.05, 0) is 54.8 Å². The lowest BCUT2D eigenvalue weighted by Gasteiger charge is -2.38. The molecule has 0 spiro atoms. The second kappa shape index (κ2) is 8.05. The van der Waals surface area contributed by atoms with Crippen LogP contribution in [0.4, 0.5) is 14.9 Å². The number of aromatic nitrogens is 1. The van der Waals surface area contributed by atoms with Crippen molar-refractivity contribution in [3.8, 4) is 5.88 Å². The van der Waals surface area contributed by atoms with Crippen molar-refractivity contribution in [2.45, 2.75) is 18.4 Å². The van der Waals surface area contributed by atoms with Crippen molar-refractivity contribution >= 4 is 22.6 Å². The molecule has 2 amide bonds. The maximum atomic E-state index is 13.4. The van der Waals surface area contributed by atoms with Crippen LogP contribution in [0.15, 0.2) is 54.6 Å². The van der Waals surface area contributed by atoms with Gasteiger partial charge in [-0.1, -0.05) is 12.1 Å². The first-order chi connectivity index (χ1) is 14.1. The molecule has 1 aromatic heterocycles. The van der Waals surface area contributed by atoms with E-state index in [9.17, 15) is 9.18 Å². The molecule has 1 fully saturated rings. The zero-order valence-corrected chi connectivity index (χ0v) is 16.1. The fourth-order valence-electron chi connectivity index (χ4n) is 3.65. The van der Waals surface area contributed by atoms with Crippen LogP contribution in [-0.4, -0.2) is 31.3 Å². The minimum absolute atomic E-state index is 0.304. The molecule has 29 heavy (non-hydrogen) atoms. The van der Waals surface area contributed by atoms with Gasteiger partial charge in [0, 0.05) is 30.4 Å². The van der Waals surface area contributed by atoms with E-state index in [0.717, 1.165) is 16.5 Å². The lowest BCUT2D eigenvalue weighted by molar-refractivity contribution is 0.0418. The summed E-state index contributed by atoms with van der Waals surface area (Å²) in [7, 11) is 1.57. The number of methoxy groups -OCH3 is 1. The van der Waals surface area contributed by atoms with Gasteiger partial charge in [0.15, 0.2) is 0 Å². The number of hydrogen-bond donors (Lipinski definition) is 2. The van der Waals surface area contributed by atoms with Gasteiger partial charge in [-0.15, -0.1) is 0 Å². The molecule has 1 aliphatic heterocycles. The van der Waals surface area contributed by atoms with E-state index in [0.29, 0.717) is 37.6 Å². The van der Waals surface area contributed by atoms with Crippen LogP contribution < -0.4 is 15.4 Å². The average Bonchev–Trinajstić information content (AvgIpc) is 2.74. The number of nitrogens with one attached hydrogen (secondary N) is 2. The molecule has 6 nitrogen and oxygen atoms in total. The number of pyridine rings is 1. The number of ether oxygens (including phenoxy) is 2. The SMILES string of the molecule is COc1ccc2cc(NC(=O)NC3(c4ccc(F)cc4)CCOCC3)ccc2n1. The third kappa shape index (κ3) is 4.14. The number of benzene rings is 2. The number of rotatable bonds is 4. The van der Waals surface area contributed by atoms with Crippen molar-refractivity contribution in [3.63, 3.8) is 0 Å². The quantitative estimate of drug-likeness (QED) is 0.694. The van der Waals surface area contributed by atoms with E-state index in [-0.39, 0.29) is 11.8 Å². The van der Waals surface area contributed by atoms with Gasteiger partial charge in [0.05, 0.1) is 18.2 Å². The molecule has 0 saturated carbocycles. The third-order valence-electron chi connectivity index (χ3n) is 5.23. The third-order valence-corrected chi connectivity index (χ3v) is 5.23. The predicted octanol–water partition coefficient (Wildman–Crippen LogP) is 4.21. The Labute approximate surface area is 168 Å². The van der Waals surface area contributed by atoms with Crippen molar-refractivity contribution in [3.05, 3.63) is 66.0 Å². The van der Waals surface area contributed by atoms with Gasteiger partial charge < -0.3 is 20.1 Å². The van der Waals surface area contributed by atoms with Crippen molar-refractivity contribution < 1.29 is 18.7 Å². The van der Waals surface area contributed by atoms with Gasteiger partial charge in [0.1, 0.15) is 5.82 Å². The van der Waals surface area contributed by atoms with Gasteiger partial charge in [0.2, 0.25) is 5.88 Å². The standard InChI is InChI=1S/C22H22FN3O3/c1-28-20-9-2-15-14-18(7-8-19(15)25-20)24-21(27)26-22(10-12-29-13-11-22)16-3-5-17(23)6-4-16/h2-9,14H,10-13H2,1H3,(H2,24,26,27). The number of halogens is 1. The zero-order valence-electron chi connectivity index (χ0n) is 16.1. The first-order valence-electron chi connectivity index (χ1n) is 9.46. The van der Waals surface area contributed by atoms with Crippen LogP contribution in [0.25, 0.3) is 10.9 Å². The highest BCUT2D eigenvalue weighted by molar-refractivity contribution is 5.93. The second-order valence-corrected chi connectivity index (χ2v) is 7.04. The summed E-state index contributed by atoms with van der Waals surface area (Å²) in [6.45, 7) is 1.06. The van der Waals surface area contributed by atoms with E-state index in [2.05, 4.69) is 15.6 Å². The van der Waals surface area contributed by atoms with Crippen molar-refractivity contribution in [1.82, 2.24) is 10.3 Å². The molecule has 0 bridgehead atoms. The number of carbonyl (C=O) groups excluding carboxylic acids is 1. The largest absolute Gasteiger partial charge is 0.481 e. The molecule has 1 aliphatic rings. The smallest absolute Gasteiger partial charge is 0.319 e. The fourth-order valence-corrected chi connectivity index (χ4v) is 3.65. The zero-order chi connectivity index (χ0) is 20.3. The summed E-state index contributed by atoms with van der Waals surface area (Å²) in [5.41, 5.74) is 1.71. The minimum atomic E-state index is -0.595. The normalized spacial score (nSPS) is 15.7. The minimum Gasteiger partial charge on any atom is -0.481 e.